The zero-order valence-electron chi connectivity index (χ0n) is 8.24. The Balaban J connectivity index is 4.01. The van der Waals surface area contributed by atoms with Gasteiger partial charge < -0.3 is 0 Å². The fraction of sp³-hybridized carbons (Fsp3) is 0.750. The molecule has 0 aromatic rings. The van der Waals surface area contributed by atoms with Crippen molar-refractivity contribution in [1.29, 1.82) is 0 Å². The zero-order valence-corrected chi connectivity index (χ0v) is 9.95. The molecule has 0 rings (SSSR count). The van der Waals surface area contributed by atoms with Crippen molar-refractivity contribution in [2.24, 2.45) is 4.99 Å². The van der Waals surface area contributed by atoms with Gasteiger partial charge in [-0.3, -0.25) is 0 Å². The summed E-state index contributed by atoms with van der Waals surface area (Å²) in [6, 6.07) is 0. The van der Waals surface area contributed by atoms with Crippen molar-refractivity contribution in [3.63, 3.8) is 0 Å². The number of nitrogens with zero attached hydrogens (tertiary/aromatic N) is 3. The molecule has 0 radical (unpaired) electrons. The molecule has 3 nitrogen and oxygen atoms in total. The average molecular weight is 234 g/mol. The second-order valence-corrected chi connectivity index (χ2v) is 3.43. The third-order valence-electron chi connectivity index (χ3n) is 1.43. The molecule has 0 bridgehead atoms. The first kappa shape index (κ1) is 11.7. The SMILES string of the molecule is CCN(CC)C(=[Se])/N=C/N(C)C. The topological polar surface area (TPSA) is 18.8 Å². The average Bonchev–Trinajstić information content (AvgIpc) is 2.03. The number of hydrogen-bond donors (Lipinski definition) is 0. The molecule has 0 aromatic carbocycles. The van der Waals surface area contributed by atoms with Crippen molar-refractivity contribution < 1.29 is 0 Å². The monoisotopic (exact) mass is 235 g/mol. The van der Waals surface area contributed by atoms with Gasteiger partial charge in [0.2, 0.25) is 0 Å². The van der Waals surface area contributed by atoms with Gasteiger partial charge in [-0.05, 0) is 0 Å². The summed E-state index contributed by atoms with van der Waals surface area (Å²) in [5.41, 5.74) is 0. The molecule has 0 fully saturated rings. The molecule has 70 valence electrons. The van der Waals surface area contributed by atoms with E-state index in [9.17, 15) is 0 Å². The van der Waals surface area contributed by atoms with Crippen LogP contribution in [0, 0.1) is 0 Å². The van der Waals surface area contributed by atoms with E-state index in [4.69, 9.17) is 0 Å². The van der Waals surface area contributed by atoms with Crippen LogP contribution in [-0.2, 0) is 0 Å². The molecule has 0 unspecified atom stereocenters. The van der Waals surface area contributed by atoms with Crippen LogP contribution in [0.25, 0.3) is 0 Å². The fourth-order valence-corrected chi connectivity index (χ4v) is 1.38. The number of aliphatic imine (C=N–C) groups is 1. The third kappa shape index (κ3) is 4.52. The molecule has 0 N–H and O–H groups in total. The Labute approximate surface area is 82.8 Å². The zero-order chi connectivity index (χ0) is 9.56. The number of rotatable bonds is 5. The van der Waals surface area contributed by atoms with E-state index in [0.29, 0.717) is 0 Å². The first-order valence-corrected chi connectivity index (χ1v) is 4.97. The molecule has 0 spiro atoms. The summed E-state index contributed by atoms with van der Waals surface area (Å²) in [4.78, 5) is 8.34. The normalized spacial score (nSPS) is 10.3. The predicted molar refractivity (Wildman–Crippen MR) is 55.9 cm³/mol. The second-order valence-electron chi connectivity index (χ2n) is 2.66. The summed E-state index contributed by atoms with van der Waals surface area (Å²) in [5, 5.41) is 0. The molecule has 0 aliphatic heterocycles. The van der Waals surface area contributed by atoms with Crippen LogP contribution in [0.1, 0.15) is 13.8 Å². The van der Waals surface area contributed by atoms with Gasteiger partial charge in [0.05, 0.1) is 0 Å². The van der Waals surface area contributed by atoms with Gasteiger partial charge in [-0.15, -0.1) is 0 Å². The van der Waals surface area contributed by atoms with Crippen LogP contribution in [0.5, 0.6) is 0 Å². The number of hydrogen-bond acceptors (Lipinski definition) is 2. The summed E-state index contributed by atoms with van der Waals surface area (Å²) in [6.07, 6.45) is 1.80. The van der Waals surface area contributed by atoms with Crippen LogP contribution in [0.3, 0.4) is 0 Å². The molecule has 0 amide bonds. The third-order valence-corrected chi connectivity index (χ3v) is 2.20. The summed E-state index contributed by atoms with van der Waals surface area (Å²) in [6.45, 7) is 6.21. The maximum atomic E-state index is 4.25. The molecule has 0 saturated heterocycles. The van der Waals surface area contributed by atoms with Crippen molar-refractivity contribution in [1.82, 2.24) is 9.80 Å². The van der Waals surface area contributed by atoms with Crippen LogP contribution in [0.2, 0.25) is 0 Å². The van der Waals surface area contributed by atoms with Crippen molar-refractivity contribution >= 4 is 26.6 Å². The molecule has 12 heavy (non-hydrogen) atoms. The Morgan fingerprint density at radius 3 is 2.17 bits per heavy atom. The molecule has 0 aliphatic carbocycles. The minimum atomic E-state index is 0.953. The van der Waals surface area contributed by atoms with Crippen molar-refractivity contribution in [2.45, 2.75) is 13.8 Å². The van der Waals surface area contributed by atoms with E-state index in [1.807, 2.05) is 19.0 Å². The first-order chi connectivity index (χ1) is 5.61. The van der Waals surface area contributed by atoms with E-state index in [-0.39, 0.29) is 0 Å². The van der Waals surface area contributed by atoms with Gasteiger partial charge in [-0.25, -0.2) is 0 Å². The van der Waals surface area contributed by atoms with E-state index >= 15 is 0 Å². The standard InChI is InChI=1S/C8H17N3Se/c1-5-11(6-2)8(12)9-7-10(3)4/h7H,5-6H2,1-4H3/b9-7+. The molecule has 0 atom stereocenters. The Morgan fingerprint density at radius 2 is 1.83 bits per heavy atom. The fourth-order valence-electron chi connectivity index (χ4n) is 0.741. The van der Waals surface area contributed by atoms with E-state index in [2.05, 4.69) is 39.3 Å². The Bertz CT molecular complexity index is 162. The molecule has 0 aliphatic rings. The van der Waals surface area contributed by atoms with E-state index in [1.165, 1.54) is 0 Å². The van der Waals surface area contributed by atoms with E-state index < -0.39 is 0 Å². The van der Waals surface area contributed by atoms with Gasteiger partial charge in [0.25, 0.3) is 0 Å². The molecule has 4 heteroatoms. The first-order valence-electron chi connectivity index (χ1n) is 4.11. The Kier molecular flexibility index (Phi) is 6.03. The molecule has 0 heterocycles. The van der Waals surface area contributed by atoms with E-state index in [1.54, 1.807) is 6.34 Å². The molecular weight excluding hydrogens is 217 g/mol. The Hall–Kier alpha value is -0.341. The predicted octanol–water partition coefficient (Wildman–Crippen LogP) is 0.174. The summed E-state index contributed by atoms with van der Waals surface area (Å²) in [5.74, 6) is 0. The quantitative estimate of drug-likeness (QED) is 0.384. The molecule has 0 aromatic heterocycles. The van der Waals surface area contributed by atoms with Gasteiger partial charge >= 0.3 is 82.4 Å². The Morgan fingerprint density at radius 1 is 1.33 bits per heavy atom. The van der Waals surface area contributed by atoms with E-state index in [0.717, 1.165) is 17.8 Å². The van der Waals surface area contributed by atoms with Crippen molar-refractivity contribution in [3.05, 3.63) is 0 Å². The van der Waals surface area contributed by atoms with Gasteiger partial charge in [0.15, 0.2) is 0 Å². The van der Waals surface area contributed by atoms with Gasteiger partial charge in [0.1, 0.15) is 0 Å². The minimum absolute atomic E-state index is 0.953. The van der Waals surface area contributed by atoms with Crippen LogP contribution in [0.15, 0.2) is 4.99 Å². The van der Waals surface area contributed by atoms with Crippen molar-refractivity contribution in [3.8, 4) is 0 Å². The summed E-state index contributed by atoms with van der Waals surface area (Å²) < 4.78 is 0.953. The van der Waals surface area contributed by atoms with Crippen molar-refractivity contribution in [2.75, 3.05) is 27.2 Å². The van der Waals surface area contributed by atoms with Gasteiger partial charge in [-0.1, -0.05) is 0 Å². The van der Waals surface area contributed by atoms with Crippen LogP contribution in [0.4, 0.5) is 0 Å². The molecule has 0 saturated carbocycles. The van der Waals surface area contributed by atoms with Gasteiger partial charge in [-0.2, -0.15) is 0 Å². The van der Waals surface area contributed by atoms with Crippen LogP contribution >= 0.6 is 0 Å². The molecular formula is C8H17N3Se. The van der Waals surface area contributed by atoms with Gasteiger partial charge in [0, 0.05) is 0 Å². The van der Waals surface area contributed by atoms with Crippen LogP contribution < -0.4 is 0 Å². The summed E-state index contributed by atoms with van der Waals surface area (Å²) >= 11 is 2.95. The second kappa shape index (κ2) is 6.21. The summed E-state index contributed by atoms with van der Waals surface area (Å²) in [7, 11) is 3.91. The maximum absolute atomic E-state index is 4.25. The van der Waals surface area contributed by atoms with Crippen LogP contribution in [-0.4, -0.2) is 63.6 Å².